The monoisotopic (exact) mass is 184 g/mol. The van der Waals surface area contributed by atoms with E-state index in [1.165, 1.54) is 18.1 Å². The van der Waals surface area contributed by atoms with Gasteiger partial charge in [0.2, 0.25) is 0 Å². The summed E-state index contributed by atoms with van der Waals surface area (Å²) in [4.78, 5) is 2.28. The van der Waals surface area contributed by atoms with Gasteiger partial charge in [-0.15, -0.1) is 0 Å². The molecule has 0 aromatic carbocycles. The number of anilines is 1. The van der Waals surface area contributed by atoms with Crippen LogP contribution in [-0.4, -0.2) is 34.9 Å². The van der Waals surface area contributed by atoms with Crippen LogP contribution in [0.5, 0.6) is 0 Å². The molecule has 0 atom stereocenters. The van der Waals surface area contributed by atoms with E-state index in [1.807, 2.05) is 6.20 Å². The molecule has 2 heterocycles. The summed E-state index contributed by atoms with van der Waals surface area (Å²) in [6, 6.07) is 0. The molecule has 1 aliphatic heterocycles. The van der Waals surface area contributed by atoms with Gasteiger partial charge in [-0.05, 0) is 13.0 Å². The first-order valence-electron chi connectivity index (χ1n) is 4.20. The van der Waals surface area contributed by atoms with Crippen molar-refractivity contribution in [2.45, 2.75) is 6.42 Å². The Morgan fingerprint density at radius 2 is 2.42 bits per heavy atom. The molecule has 1 aliphatic rings. The van der Waals surface area contributed by atoms with Gasteiger partial charge in [-0.2, -0.15) is 8.75 Å². The minimum absolute atomic E-state index is 1.03. The summed E-state index contributed by atoms with van der Waals surface area (Å²) in [5, 5.41) is 3.35. The average molecular weight is 184 g/mol. The highest BCUT2D eigenvalue weighted by molar-refractivity contribution is 6.99. The smallest absolute Gasteiger partial charge is 0.162 e. The van der Waals surface area contributed by atoms with Crippen molar-refractivity contribution < 1.29 is 0 Å². The van der Waals surface area contributed by atoms with E-state index in [4.69, 9.17) is 0 Å². The molecule has 0 saturated carbocycles. The predicted octanol–water partition coefficient (Wildman–Crippen LogP) is 0.338. The molecular weight excluding hydrogens is 172 g/mol. The fourth-order valence-electron chi connectivity index (χ4n) is 1.37. The molecule has 0 unspecified atom stereocenters. The molecule has 1 fully saturated rings. The third-order valence-corrected chi connectivity index (χ3v) is 2.48. The number of nitrogens with one attached hydrogen (secondary N) is 1. The molecule has 5 heteroatoms. The lowest BCUT2D eigenvalue weighted by molar-refractivity contribution is 0.724. The summed E-state index contributed by atoms with van der Waals surface area (Å²) in [5.74, 6) is 1.03. The van der Waals surface area contributed by atoms with E-state index in [0.717, 1.165) is 32.0 Å². The van der Waals surface area contributed by atoms with Crippen LogP contribution >= 0.6 is 11.7 Å². The minimum atomic E-state index is 1.03. The highest BCUT2D eigenvalue weighted by Gasteiger charge is 2.10. The lowest BCUT2D eigenvalue weighted by Crippen LogP contribution is -2.27. The molecule has 0 amide bonds. The zero-order valence-corrected chi connectivity index (χ0v) is 7.68. The molecule has 0 bridgehead atoms. The van der Waals surface area contributed by atoms with Gasteiger partial charge in [0.25, 0.3) is 0 Å². The predicted molar refractivity (Wildman–Crippen MR) is 49.6 cm³/mol. The minimum Gasteiger partial charge on any atom is -0.353 e. The maximum atomic E-state index is 4.21. The second-order valence-corrected chi connectivity index (χ2v) is 3.41. The second-order valence-electron chi connectivity index (χ2n) is 2.86. The highest BCUT2D eigenvalue weighted by Crippen LogP contribution is 2.10. The van der Waals surface area contributed by atoms with Gasteiger partial charge in [0, 0.05) is 19.6 Å². The molecule has 1 N–H and O–H groups in total. The third kappa shape index (κ3) is 1.73. The van der Waals surface area contributed by atoms with E-state index in [-0.39, 0.29) is 0 Å². The maximum absolute atomic E-state index is 4.21. The van der Waals surface area contributed by atoms with E-state index in [0.29, 0.717) is 0 Å². The van der Waals surface area contributed by atoms with Crippen LogP contribution in [0.1, 0.15) is 6.42 Å². The molecule has 2 rings (SSSR count). The molecule has 0 aliphatic carbocycles. The van der Waals surface area contributed by atoms with E-state index >= 15 is 0 Å². The molecular formula is C7H12N4S. The van der Waals surface area contributed by atoms with Gasteiger partial charge in [0.1, 0.15) is 0 Å². The first-order valence-corrected chi connectivity index (χ1v) is 4.93. The van der Waals surface area contributed by atoms with Gasteiger partial charge >= 0.3 is 0 Å². The SMILES string of the molecule is c1nsnc1N1CCCNCC1. The van der Waals surface area contributed by atoms with Gasteiger partial charge in [-0.1, -0.05) is 0 Å². The summed E-state index contributed by atoms with van der Waals surface area (Å²) < 4.78 is 8.21. The molecule has 1 aromatic heterocycles. The number of rotatable bonds is 1. The Kier molecular flexibility index (Phi) is 2.53. The van der Waals surface area contributed by atoms with Crippen LogP contribution in [0.3, 0.4) is 0 Å². The molecule has 0 spiro atoms. The molecule has 66 valence electrons. The molecule has 12 heavy (non-hydrogen) atoms. The van der Waals surface area contributed by atoms with Crippen molar-refractivity contribution in [1.82, 2.24) is 14.1 Å². The Morgan fingerprint density at radius 1 is 1.42 bits per heavy atom. The zero-order valence-electron chi connectivity index (χ0n) is 6.86. The third-order valence-electron chi connectivity index (χ3n) is 2.01. The van der Waals surface area contributed by atoms with E-state index in [1.54, 1.807) is 0 Å². The summed E-state index contributed by atoms with van der Waals surface area (Å²) in [6.07, 6.45) is 3.04. The zero-order chi connectivity index (χ0) is 8.23. The lowest BCUT2D eigenvalue weighted by atomic mass is 10.4. The maximum Gasteiger partial charge on any atom is 0.162 e. The van der Waals surface area contributed by atoms with E-state index in [9.17, 15) is 0 Å². The number of hydrogen-bond donors (Lipinski definition) is 1. The summed E-state index contributed by atoms with van der Waals surface area (Å²) in [5.41, 5.74) is 0. The van der Waals surface area contributed by atoms with Crippen molar-refractivity contribution in [1.29, 1.82) is 0 Å². The molecule has 1 saturated heterocycles. The van der Waals surface area contributed by atoms with Gasteiger partial charge in [0.15, 0.2) is 5.82 Å². The van der Waals surface area contributed by atoms with Crippen LogP contribution in [-0.2, 0) is 0 Å². The van der Waals surface area contributed by atoms with Crippen molar-refractivity contribution in [3.8, 4) is 0 Å². The Morgan fingerprint density at radius 3 is 3.25 bits per heavy atom. The molecule has 1 aromatic rings. The Bertz CT molecular complexity index is 215. The van der Waals surface area contributed by atoms with Crippen LogP contribution in [0.15, 0.2) is 6.20 Å². The quantitative estimate of drug-likeness (QED) is 0.683. The topological polar surface area (TPSA) is 41.1 Å². The Labute approximate surface area is 75.9 Å². The van der Waals surface area contributed by atoms with Gasteiger partial charge < -0.3 is 10.2 Å². The van der Waals surface area contributed by atoms with E-state index in [2.05, 4.69) is 19.0 Å². The van der Waals surface area contributed by atoms with E-state index < -0.39 is 0 Å². The Hall–Kier alpha value is -0.680. The lowest BCUT2D eigenvalue weighted by Gasteiger charge is -2.17. The number of aromatic nitrogens is 2. The normalized spacial score (nSPS) is 19.2. The fraction of sp³-hybridized carbons (Fsp3) is 0.714. The molecule has 0 radical (unpaired) electrons. The van der Waals surface area contributed by atoms with Crippen molar-refractivity contribution >= 4 is 17.5 Å². The van der Waals surface area contributed by atoms with Crippen molar-refractivity contribution in [2.24, 2.45) is 0 Å². The van der Waals surface area contributed by atoms with Gasteiger partial charge in [-0.3, -0.25) is 0 Å². The standard InChI is InChI=1S/C7H12N4S/c1-2-8-3-5-11(4-1)7-6-9-12-10-7/h6,8H,1-5H2. The van der Waals surface area contributed by atoms with Crippen molar-refractivity contribution in [3.63, 3.8) is 0 Å². The second kappa shape index (κ2) is 3.82. The first-order chi connectivity index (χ1) is 5.97. The number of nitrogens with zero attached hydrogens (tertiary/aromatic N) is 3. The largest absolute Gasteiger partial charge is 0.353 e. The fourth-order valence-corrected chi connectivity index (χ4v) is 1.81. The van der Waals surface area contributed by atoms with Crippen LogP contribution in [0.2, 0.25) is 0 Å². The summed E-state index contributed by atoms with van der Waals surface area (Å²) >= 11 is 1.28. The van der Waals surface area contributed by atoms with Crippen LogP contribution in [0, 0.1) is 0 Å². The number of hydrogen-bond acceptors (Lipinski definition) is 5. The van der Waals surface area contributed by atoms with Crippen molar-refractivity contribution in [3.05, 3.63) is 6.20 Å². The highest BCUT2D eigenvalue weighted by atomic mass is 32.1. The summed E-state index contributed by atoms with van der Waals surface area (Å²) in [7, 11) is 0. The van der Waals surface area contributed by atoms with Crippen LogP contribution < -0.4 is 10.2 Å². The van der Waals surface area contributed by atoms with Gasteiger partial charge in [-0.25, -0.2) is 0 Å². The van der Waals surface area contributed by atoms with Crippen LogP contribution in [0.4, 0.5) is 5.82 Å². The summed E-state index contributed by atoms with van der Waals surface area (Å²) in [6.45, 7) is 4.31. The average Bonchev–Trinajstić information content (AvgIpc) is 2.48. The Balaban J connectivity index is 2.02. The molecule has 4 nitrogen and oxygen atoms in total. The van der Waals surface area contributed by atoms with Crippen molar-refractivity contribution in [2.75, 3.05) is 31.1 Å². The van der Waals surface area contributed by atoms with Gasteiger partial charge in [0.05, 0.1) is 17.9 Å². The first kappa shape index (κ1) is 7.94. The van der Waals surface area contributed by atoms with Crippen LogP contribution in [0.25, 0.3) is 0 Å².